The van der Waals surface area contributed by atoms with Gasteiger partial charge in [-0.3, -0.25) is 10.1 Å². The predicted molar refractivity (Wildman–Crippen MR) is 82.5 cm³/mol. The van der Waals surface area contributed by atoms with E-state index in [1.54, 1.807) is 11.3 Å². The van der Waals surface area contributed by atoms with Crippen LogP contribution in [-0.2, 0) is 4.79 Å². The van der Waals surface area contributed by atoms with E-state index in [4.69, 9.17) is 0 Å². The van der Waals surface area contributed by atoms with Crippen molar-refractivity contribution in [1.29, 1.82) is 0 Å². The Bertz CT molecular complexity index is 511. The predicted octanol–water partition coefficient (Wildman–Crippen LogP) is 3.39. The van der Waals surface area contributed by atoms with Crippen LogP contribution in [0.4, 0.5) is 0 Å². The first-order valence-corrected chi connectivity index (χ1v) is 8.37. The summed E-state index contributed by atoms with van der Waals surface area (Å²) in [5.74, 6) is 0.913. The highest BCUT2D eigenvalue weighted by Crippen LogP contribution is 2.53. The Morgan fingerprint density at radius 3 is 2.65 bits per heavy atom. The van der Waals surface area contributed by atoms with Crippen LogP contribution >= 0.6 is 11.3 Å². The molecule has 1 aliphatic heterocycles. The van der Waals surface area contributed by atoms with Crippen molar-refractivity contribution in [2.75, 3.05) is 6.54 Å². The van der Waals surface area contributed by atoms with Crippen molar-refractivity contribution in [3.05, 3.63) is 22.4 Å². The number of carbonyl (C=O) groups is 1. The Balaban J connectivity index is 1.85. The van der Waals surface area contributed by atoms with Crippen molar-refractivity contribution >= 4 is 17.2 Å². The van der Waals surface area contributed by atoms with Gasteiger partial charge in [0.25, 0.3) is 0 Å². The number of nitrogens with one attached hydrogen (secondary N) is 1. The van der Waals surface area contributed by atoms with Gasteiger partial charge in [-0.15, -0.1) is 11.3 Å². The van der Waals surface area contributed by atoms with Crippen LogP contribution in [0.1, 0.15) is 51.6 Å². The zero-order chi connectivity index (χ0) is 14.5. The lowest BCUT2D eigenvalue weighted by Gasteiger charge is -2.24. The minimum absolute atomic E-state index is 0.0591. The lowest BCUT2D eigenvalue weighted by molar-refractivity contribution is -0.133. The third-order valence-electron chi connectivity index (χ3n) is 5.15. The molecule has 2 fully saturated rings. The van der Waals surface area contributed by atoms with E-state index in [0.717, 1.165) is 13.0 Å². The van der Waals surface area contributed by atoms with Crippen molar-refractivity contribution < 1.29 is 4.79 Å². The maximum absolute atomic E-state index is 12.8. The average molecular weight is 292 g/mol. The maximum atomic E-state index is 12.8. The van der Waals surface area contributed by atoms with Crippen LogP contribution in [0.25, 0.3) is 0 Å². The molecule has 0 radical (unpaired) electrons. The molecule has 3 rings (SSSR count). The van der Waals surface area contributed by atoms with E-state index >= 15 is 0 Å². The molecule has 0 spiro atoms. The van der Waals surface area contributed by atoms with E-state index in [2.05, 4.69) is 48.5 Å². The summed E-state index contributed by atoms with van der Waals surface area (Å²) < 4.78 is 0. The van der Waals surface area contributed by atoms with Crippen LogP contribution < -0.4 is 5.32 Å². The second-order valence-corrected chi connectivity index (χ2v) is 8.07. The molecule has 1 aliphatic carbocycles. The second kappa shape index (κ2) is 4.57. The molecule has 3 nitrogen and oxygen atoms in total. The molecule has 1 aromatic rings. The fraction of sp³-hybridized carbons (Fsp3) is 0.688. The number of rotatable bonds is 4. The van der Waals surface area contributed by atoms with Crippen LogP contribution in [0, 0.1) is 11.3 Å². The van der Waals surface area contributed by atoms with Gasteiger partial charge >= 0.3 is 0 Å². The van der Waals surface area contributed by atoms with Gasteiger partial charge in [-0.05, 0) is 42.5 Å². The van der Waals surface area contributed by atoms with Gasteiger partial charge < -0.3 is 4.90 Å². The fourth-order valence-corrected chi connectivity index (χ4v) is 3.90. The third-order valence-corrected chi connectivity index (χ3v) is 6.08. The van der Waals surface area contributed by atoms with E-state index < -0.39 is 5.54 Å². The molecule has 20 heavy (non-hydrogen) atoms. The zero-order valence-electron chi connectivity index (χ0n) is 12.8. The Hall–Kier alpha value is -0.870. The molecule has 1 saturated carbocycles. The molecule has 1 saturated heterocycles. The quantitative estimate of drug-likeness (QED) is 0.922. The maximum Gasteiger partial charge on any atom is 0.244 e. The van der Waals surface area contributed by atoms with Gasteiger partial charge in [0.15, 0.2) is 0 Å². The van der Waals surface area contributed by atoms with Gasteiger partial charge in [0.2, 0.25) is 5.91 Å². The molecule has 2 aliphatic rings. The molecule has 0 bridgehead atoms. The van der Waals surface area contributed by atoms with Gasteiger partial charge in [-0.25, -0.2) is 0 Å². The number of hydrogen-bond donors (Lipinski definition) is 1. The highest BCUT2D eigenvalue weighted by Gasteiger charge is 2.52. The van der Waals surface area contributed by atoms with Gasteiger partial charge in [-0.1, -0.05) is 26.8 Å². The molecular formula is C16H24N2OS. The summed E-state index contributed by atoms with van der Waals surface area (Å²) >= 11 is 1.73. The second-order valence-electron chi connectivity index (χ2n) is 7.10. The highest BCUT2D eigenvalue weighted by atomic mass is 32.1. The molecular weight excluding hydrogens is 268 g/mol. The number of hydrogen-bond acceptors (Lipinski definition) is 3. The van der Waals surface area contributed by atoms with Crippen molar-refractivity contribution in [2.24, 2.45) is 11.3 Å². The minimum Gasteiger partial charge on any atom is -0.320 e. The number of nitrogens with zero attached hydrogens (tertiary/aromatic N) is 1. The van der Waals surface area contributed by atoms with Crippen LogP contribution in [0.15, 0.2) is 17.5 Å². The molecule has 1 N–H and O–H groups in total. The molecule has 4 heteroatoms. The minimum atomic E-state index is -0.409. The summed E-state index contributed by atoms with van der Waals surface area (Å²) in [6.45, 7) is 9.60. The Labute approximate surface area is 125 Å². The third kappa shape index (κ3) is 2.19. The largest absolute Gasteiger partial charge is 0.320 e. The standard InChI is InChI=1S/C16H24N2OS/c1-5-16(4)14(19)18(10-11-9-15(11,2)3)13(17-16)12-7-6-8-20-12/h6-8,11,13,17H,5,9-10H2,1-4H3. The summed E-state index contributed by atoms with van der Waals surface area (Å²) in [4.78, 5) is 16.1. The smallest absolute Gasteiger partial charge is 0.244 e. The van der Waals surface area contributed by atoms with Gasteiger partial charge in [0, 0.05) is 11.4 Å². The summed E-state index contributed by atoms with van der Waals surface area (Å²) in [6.07, 6.45) is 2.12. The highest BCUT2D eigenvalue weighted by molar-refractivity contribution is 7.10. The fourth-order valence-electron chi connectivity index (χ4n) is 3.11. The molecule has 1 aromatic heterocycles. The molecule has 1 amide bonds. The first kappa shape index (κ1) is 14.1. The van der Waals surface area contributed by atoms with Crippen LogP contribution in [0.5, 0.6) is 0 Å². The van der Waals surface area contributed by atoms with Gasteiger partial charge in [-0.2, -0.15) is 0 Å². The number of thiophene rings is 1. The van der Waals surface area contributed by atoms with E-state index in [9.17, 15) is 4.79 Å². The summed E-state index contributed by atoms with van der Waals surface area (Å²) in [5, 5.41) is 5.65. The van der Waals surface area contributed by atoms with Gasteiger partial charge in [0.05, 0.1) is 5.54 Å². The van der Waals surface area contributed by atoms with E-state index in [1.807, 2.05) is 6.92 Å². The Morgan fingerprint density at radius 1 is 1.45 bits per heavy atom. The number of amides is 1. The Kier molecular flexibility index (Phi) is 3.22. The van der Waals surface area contributed by atoms with Crippen LogP contribution in [0.3, 0.4) is 0 Å². The Morgan fingerprint density at radius 2 is 2.15 bits per heavy atom. The van der Waals surface area contributed by atoms with E-state index in [-0.39, 0.29) is 12.1 Å². The van der Waals surface area contributed by atoms with Crippen LogP contribution in [0.2, 0.25) is 0 Å². The summed E-state index contributed by atoms with van der Waals surface area (Å²) in [5.41, 5.74) is -0.000818. The monoisotopic (exact) mass is 292 g/mol. The van der Waals surface area contributed by atoms with Crippen molar-refractivity contribution in [1.82, 2.24) is 10.2 Å². The zero-order valence-corrected chi connectivity index (χ0v) is 13.6. The molecule has 110 valence electrons. The topological polar surface area (TPSA) is 32.3 Å². The lowest BCUT2D eigenvalue weighted by Crippen LogP contribution is -2.43. The normalized spacial score (nSPS) is 35.6. The average Bonchev–Trinajstić information content (AvgIpc) is 2.82. The first-order valence-electron chi connectivity index (χ1n) is 7.49. The van der Waals surface area contributed by atoms with E-state index in [0.29, 0.717) is 11.3 Å². The molecule has 3 atom stereocenters. The van der Waals surface area contributed by atoms with Gasteiger partial charge in [0.1, 0.15) is 6.17 Å². The first-order chi connectivity index (χ1) is 9.37. The van der Waals surface area contributed by atoms with E-state index in [1.165, 1.54) is 11.3 Å². The van der Waals surface area contributed by atoms with Crippen molar-refractivity contribution in [3.8, 4) is 0 Å². The molecule has 0 aromatic carbocycles. The molecule has 2 heterocycles. The summed E-state index contributed by atoms with van der Waals surface area (Å²) in [7, 11) is 0. The lowest BCUT2D eigenvalue weighted by atomic mass is 9.99. The van der Waals surface area contributed by atoms with Crippen LogP contribution in [-0.4, -0.2) is 22.9 Å². The van der Waals surface area contributed by atoms with Crippen molar-refractivity contribution in [2.45, 2.75) is 52.2 Å². The SMILES string of the molecule is CCC1(C)NC(c2cccs2)N(CC2CC2(C)C)C1=O. The summed E-state index contributed by atoms with van der Waals surface area (Å²) in [6, 6.07) is 4.19. The van der Waals surface area contributed by atoms with Crippen molar-refractivity contribution in [3.63, 3.8) is 0 Å². The molecule has 3 unspecified atom stereocenters. The number of carbonyl (C=O) groups excluding carboxylic acids is 1.